The second-order valence-corrected chi connectivity index (χ2v) is 5.92. The van der Waals surface area contributed by atoms with Crippen LogP contribution < -0.4 is 4.74 Å². The molecule has 0 saturated heterocycles. The Morgan fingerprint density at radius 1 is 1.45 bits per heavy atom. The van der Waals surface area contributed by atoms with Crippen LogP contribution in [0.5, 0.6) is 5.75 Å². The van der Waals surface area contributed by atoms with Crippen LogP contribution in [0.15, 0.2) is 35.1 Å². The molecule has 3 nitrogen and oxygen atoms in total. The monoisotopic (exact) mass is 333 g/mol. The molecule has 0 amide bonds. The third-order valence-corrected chi connectivity index (χ3v) is 4.03. The number of ketones is 1. The summed E-state index contributed by atoms with van der Waals surface area (Å²) >= 11 is 3.55. The fourth-order valence-corrected chi connectivity index (χ4v) is 3.12. The first-order valence-corrected chi connectivity index (χ1v) is 7.59. The lowest BCUT2D eigenvalue weighted by atomic mass is 10.1. The average Bonchev–Trinajstić information content (AvgIpc) is 3.06. The quantitative estimate of drug-likeness (QED) is 0.796. The highest BCUT2D eigenvalue weighted by Crippen LogP contribution is 2.33. The van der Waals surface area contributed by atoms with Gasteiger partial charge in [-0.25, -0.2) is 0 Å². The number of benzene rings is 1. The zero-order valence-corrected chi connectivity index (χ0v) is 12.9. The molecule has 0 bridgehead atoms. The number of halogens is 1. The van der Waals surface area contributed by atoms with E-state index in [1.54, 1.807) is 0 Å². The Morgan fingerprint density at radius 3 is 3.10 bits per heavy atom. The zero-order chi connectivity index (χ0) is 14.1. The minimum atomic E-state index is 0.180. The van der Waals surface area contributed by atoms with Crippen LogP contribution in [0.25, 0.3) is 0 Å². The smallest absolute Gasteiger partial charge is 0.164 e. The molecule has 2 heterocycles. The second-order valence-electron chi connectivity index (χ2n) is 5.00. The van der Waals surface area contributed by atoms with Crippen LogP contribution in [-0.4, -0.2) is 17.0 Å². The molecule has 0 atom stereocenters. The molecule has 1 aliphatic rings. The van der Waals surface area contributed by atoms with E-state index in [9.17, 15) is 4.79 Å². The number of nitrogens with zero attached hydrogens (tertiary/aromatic N) is 1. The summed E-state index contributed by atoms with van der Waals surface area (Å²) < 4.78 is 8.84. The average molecular weight is 334 g/mol. The number of rotatable bonds is 4. The van der Waals surface area contributed by atoms with Gasteiger partial charge < -0.3 is 9.30 Å². The van der Waals surface area contributed by atoms with Gasteiger partial charge in [0.15, 0.2) is 5.78 Å². The highest BCUT2D eigenvalue weighted by Gasteiger charge is 2.17. The number of carbonyl (C=O) groups excluding carboxylic acids is 1. The first kappa shape index (κ1) is 13.4. The van der Waals surface area contributed by atoms with E-state index in [0.29, 0.717) is 6.42 Å². The molecule has 4 heteroatoms. The van der Waals surface area contributed by atoms with Crippen molar-refractivity contribution in [2.24, 2.45) is 0 Å². The van der Waals surface area contributed by atoms with Crippen LogP contribution in [0.1, 0.15) is 34.8 Å². The predicted molar refractivity (Wildman–Crippen MR) is 81.5 cm³/mol. The summed E-state index contributed by atoms with van der Waals surface area (Å²) in [5.74, 6) is 1.18. The standard InChI is InChI=1S/C16H16BrNO2/c1-2-15(19)12-3-5-18(9-12)10-13-8-14(17)7-11-4-6-20-16(11)13/h3,5,7-9H,2,4,6,10H2,1H3. The van der Waals surface area contributed by atoms with Crippen molar-refractivity contribution in [2.75, 3.05) is 6.61 Å². The summed E-state index contributed by atoms with van der Waals surface area (Å²) in [7, 11) is 0. The molecule has 3 rings (SSSR count). The predicted octanol–water partition coefficient (Wildman–Crippen LogP) is 3.83. The van der Waals surface area contributed by atoms with Gasteiger partial charge in [0.05, 0.1) is 13.2 Å². The zero-order valence-electron chi connectivity index (χ0n) is 11.4. The molecule has 2 aromatic rings. The molecular formula is C16H16BrNO2. The largest absolute Gasteiger partial charge is 0.493 e. The van der Waals surface area contributed by atoms with E-state index in [1.165, 1.54) is 5.56 Å². The normalized spacial score (nSPS) is 13.1. The highest BCUT2D eigenvalue weighted by atomic mass is 79.9. The number of fused-ring (bicyclic) bond motifs is 1. The van der Waals surface area contributed by atoms with Gasteiger partial charge in [-0.1, -0.05) is 22.9 Å². The second kappa shape index (κ2) is 5.44. The molecule has 0 spiro atoms. The van der Waals surface area contributed by atoms with Crippen molar-refractivity contribution in [3.05, 3.63) is 51.8 Å². The summed E-state index contributed by atoms with van der Waals surface area (Å²) in [5, 5.41) is 0. The fourth-order valence-electron chi connectivity index (χ4n) is 2.57. The first-order chi connectivity index (χ1) is 9.67. The van der Waals surface area contributed by atoms with Gasteiger partial charge >= 0.3 is 0 Å². The SMILES string of the molecule is CCC(=O)c1ccn(Cc2cc(Br)cc3c2OCC3)c1. The molecule has 1 aromatic carbocycles. The van der Waals surface area contributed by atoms with Crippen molar-refractivity contribution in [1.29, 1.82) is 0 Å². The molecule has 0 unspecified atom stereocenters. The number of Topliss-reactive ketones (excluding diaryl/α,β-unsaturated/α-hetero) is 1. The Morgan fingerprint density at radius 2 is 2.30 bits per heavy atom. The van der Waals surface area contributed by atoms with Crippen LogP contribution in [0.2, 0.25) is 0 Å². The maximum absolute atomic E-state index is 11.7. The Hall–Kier alpha value is -1.55. The Labute approximate surface area is 126 Å². The van der Waals surface area contributed by atoms with Crippen LogP contribution >= 0.6 is 15.9 Å². The van der Waals surface area contributed by atoms with Crippen LogP contribution in [0.4, 0.5) is 0 Å². The van der Waals surface area contributed by atoms with E-state index in [-0.39, 0.29) is 5.78 Å². The minimum Gasteiger partial charge on any atom is -0.493 e. The van der Waals surface area contributed by atoms with Gasteiger partial charge in [0.1, 0.15) is 5.75 Å². The van der Waals surface area contributed by atoms with Crippen molar-refractivity contribution >= 4 is 21.7 Å². The summed E-state index contributed by atoms with van der Waals surface area (Å²) in [5.41, 5.74) is 3.18. The summed E-state index contributed by atoms with van der Waals surface area (Å²) in [4.78, 5) is 11.7. The molecule has 1 aliphatic heterocycles. The van der Waals surface area contributed by atoms with Crippen molar-refractivity contribution in [2.45, 2.75) is 26.3 Å². The van der Waals surface area contributed by atoms with Gasteiger partial charge in [-0.15, -0.1) is 0 Å². The lowest BCUT2D eigenvalue weighted by molar-refractivity contribution is 0.0988. The van der Waals surface area contributed by atoms with Crippen LogP contribution in [0.3, 0.4) is 0 Å². The molecular weight excluding hydrogens is 318 g/mol. The van der Waals surface area contributed by atoms with E-state index >= 15 is 0 Å². The molecule has 1 aromatic heterocycles. The fraction of sp³-hybridized carbons (Fsp3) is 0.312. The van der Waals surface area contributed by atoms with Gasteiger partial charge in [0.2, 0.25) is 0 Å². The van der Waals surface area contributed by atoms with E-state index in [4.69, 9.17) is 4.74 Å². The van der Waals surface area contributed by atoms with Crippen molar-refractivity contribution in [3.63, 3.8) is 0 Å². The Bertz CT molecular complexity index is 660. The Kier molecular flexibility index (Phi) is 3.66. The van der Waals surface area contributed by atoms with E-state index in [1.807, 2.05) is 30.0 Å². The molecule has 0 saturated carbocycles. The minimum absolute atomic E-state index is 0.180. The van der Waals surface area contributed by atoms with Gasteiger partial charge in [-0.05, 0) is 23.8 Å². The molecule has 104 valence electrons. The van der Waals surface area contributed by atoms with Gasteiger partial charge in [-0.3, -0.25) is 4.79 Å². The number of ether oxygens (including phenoxy) is 1. The van der Waals surface area contributed by atoms with E-state index in [0.717, 1.165) is 40.9 Å². The maximum Gasteiger partial charge on any atom is 0.164 e. The van der Waals surface area contributed by atoms with Crippen LogP contribution in [0, 0.1) is 0 Å². The number of carbonyl (C=O) groups is 1. The lowest BCUT2D eigenvalue weighted by Crippen LogP contribution is -2.00. The Balaban J connectivity index is 1.88. The van der Waals surface area contributed by atoms with Crippen molar-refractivity contribution < 1.29 is 9.53 Å². The van der Waals surface area contributed by atoms with Gasteiger partial charge in [0, 0.05) is 40.8 Å². The summed E-state index contributed by atoms with van der Waals surface area (Å²) in [6.07, 6.45) is 5.37. The summed E-state index contributed by atoms with van der Waals surface area (Å²) in [6, 6.07) is 6.09. The maximum atomic E-state index is 11.7. The first-order valence-electron chi connectivity index (χ1n) is 6.80. The third kappa shape index (κ3) is 2.52. The van der Waals surface area contributed by atoms with Crippen LogP contribution in [-0.2, 0) is 13.0 Å². The number of aromatic nitrogens is 1. The number of hydrogen-bond donors (Lipinski definition) is 0. The van der Waals surface area contributed by atoms with E-state index < -0.39 is 0 Å². The summed E-state index contributed by atoms with van der Waals surface area (Å²) in [6.45, 7) is 3.36. The lowest BCUT2D eigenvalue weighted by Gasteiger charge is -2.10. The molecule has 0 fully saturated rings. The third-order valence-electron chi connectivity index (χ3n) is 3.57. The molecule has 20 heavy (non-hydrogen) atoms. The van der Waals surface area contributed by atoms with E-state index in [2.05, 4.69) is 28.1 Å². The molecule has 0 N–H and O–H groups in total. The van der Waals surface area contributed by atoms with Gasteiger partial charge in [0.25, 0.3) is 0 Å². The van der Waals surface area contributed by atoms with Crippen molar-refractivity contribution in [3.8, 4) is 5.75 Å². The molecule has 0 aliphatic carbocycles. The van der Waals surface area contributed by atoms with Gasteiger partial charge in [-0.2, -0.15) is 0 Å². The topological polar surface area (TPSA) is 31.2 Å². The molecule has 0 radical (unpaired) electrons. The van der Waals surface area contributed by atoms with Crippen molar-refractivity contribution in [1.82, 2.24) is 4.57 Å². The highest BCUT2D eigenvalue weighted by molar-refractivity contribution is 9.10. The number of hydrogen-bond acceptors (Lipinski definition) is 2.